The van der Waals surface area contributed by atoms with Crippen molar-refractivity contribution in [2.45, 2.75) is 12.2 Å². The maximum Gasteiger partial charge on any atom is 0.220 e. The number of nitrogens with one attached hydrogen (secondary N) is 1. The van der Waals surface area contributed by atoms with Crippen LogP contribution in [0.4, 0.5) is 0 Å². The van der Waals surface area contributed by atoms with Gasteiger partial charge in [-0.15, -0.1) is 0 Å². The van der Waals surface area contributed by atoms with E-state index in [1.165, 1.54) is 14.9 Å². The number of hydrogen-bond donors (Lipinski definition) is 1. The summed E-state index contributed by atoms with van der Waals surface area (Å²) in [5.41, 5.74) is 0.386. The molecule has 3 rings (SSSR count). The van der Waals surface area contributed by atoms with E-state index in [1.54, 1.807) is 13.1 Å². The van der Waals surface area contributed by atoms with Gasteiger partial charge in [-0.2, -0.15) is 4.31 Å². The highest BCUT2D eigenvalue weighted by molar-refractivity contribution is 7.89. The van der Waals surface area contributed by atoms with E-state index in [0.29, 0.717) is 63.9 Å². The first-order chi connectivity index (χ1) is 13.3. The highest BCUT2D eigenvalue weighted by atomic mass is 32.2. The smallest absolute Gasteiger partial charge is 0.220 e. The first-order valence-corrected chi connectivity index (χ1v) is 12.3. The highest BCUT2D eigenvalue weighted by Crippen LogP contribution is 2.14. The Morgan fingerprint density at radius 2 is 2.04 bits per heavy atom. The summed E-state index contributed by atoms with van der Waals surface area (Å²) < 4.78 is 56.3. The van der Waals surface area contributed by atoms with Gasteiger partial charge in [0.05, 0.1) is 11.4 Å². The quantitative estimate of drug-likeness (QED) is 0.434. The van der Waals surface area contributed by atoms with Gasteiger partial charge in [-0.3, -0.25) is 4.99 Å². The molecule has 1 N–H and O–H groups in total. The fraction of sp³-hybridized carbons (Fsp3) is 0.733. The molecule has 0 bridgehead atoms. The summed E-state index contributed by atoms with van der Waals surface area (Å²) in [4.78, 5) is 6.21. The number of aliphatic imine (C=N–C) groups is 1. The number of guanidine groups is 1. The van der Waals surface area contributed by atoms with Crippen molar-refractivity contribution in [2.24, 2.45) is 4.99 Å². The summed E-state index contributed by atoms with van der Waals surface area (Å²) in [6, 6.07) is 1.54. The summed E-state index contributed by atoms with van der Waals surface area (Å²) in [5.74, 6) is 0.679. The van der Waals surface area contributed by atoms with Crippen molar-refractivity contribution in [3.63, 3.8) is 0 Å². The SMILES string of the molecule is CN=C(NCCN1CCCS1(=O)=O)N1CCN(S(=O)(=O)Cc2ccon2)CC1. The topological polar surface area (TPSA) is 128 Å². The Balaban J connectivity index is 1.47. The van der Waals surface area contributed by atoms with E-state index in [2.05, 4.69) is 15.5 Å². The third kappa shape index (κ3) is 5.01. The van der Waals surface area contributed by atoms with E-state index in [1.807, 2.05) is 4.90 Å². The van der Waals surface area contributed by atoms with E-state index < -0.39 is 20.0 Å². The second-order valence-electron chi connectivity index (χ2n) is 6.68. The molecule has 0 unspecified atom stereocenters. The van der Waals surface area contributed by atoms with Crippen LogP contribution >= 0.6 is 0 Å². The zero-order chi connectivity index (χ0) is 20.2. The van der Waals surface area contributed by atoms with Crippen LogP contribution in [0.25, 0.3) is 0 Å². The van der Waals surface area contributed by atoms with Crippen LogP contribution in [0.3, 0.4) is 0 Å². The molecule has 158 valence electrons. The average molecular weight is 435 g/mol. The maximum absolute atomic E-state index is 12.5. The Hall–Kier alpha value is -1.70. The first-order valence-electron chi connectivity index (χ1n) is 9.12. The van der Waals surface area contributed by atoms with Gasteiger partial charge < -0.3 is 14.7 Å². The number of sulfonamides is 2. The molecule has 1 aromatic heterocycles. The number of piperazine rings is 1. The standard InChI is InChI=1S/C15H26N6O5S2/c1-16-15(17-4-6-20-5-2-12-27(20,22)23)19-7-9-21(10-8-19)28(24,25)13-14-3-11-26-18-14/h3,11H,2,4-10,12-13H2,1H3,(H,16,17). The van der Waals surface area contributed by atoms with Gasteiger partial charge >= 0.3 is 0 Å². The number of hydrogen-bond acceptors (Lipinski definition) is 7. The molecule has 0 atom stereocenters. The minimum Gasteiger partial charge on any atom is -0.364 e. The van der Waals surface area contributed by atoms with Gasteiger partial charge in [0.25, 0.3) is 0 Å². The number of rotatable bonds is 6. The summed E-state index contributed by atoms with van der Waals surface area (Å²) in [6.07, 6.45) is 2.02. The van der Waals surface area contributed by atoms with Crippen molar-refractivity contribution >= 4 is 26.0 Å². The van der Waals surface area contributed by atoms with Gasteiger partial charge in [0.2, 0.25) is 20.0 Å². The Bertz CT molecular complexity index is 876. The lowest BCUT2D eigenvalue weighted by Crippen LogP contribution is -2.54. The average Bonchev–Trinajstić information content (AvgIpc) is 3.28. The zero-order valence-electron chi connectivity index (χ0n) is 15.8. The Kier molecular flexibility index (Phi) is 6.58. The summed E-state index contributed by atoms with van der Waals surface area (Å²) >= 11 is 0. The molecule has 0 aliphatic carbocycles. The van der Waals surface area contributed by atoms with Crippen molar-refractivity contribution in [3.8, 4) is 0 Å². The van der Waals surface area contributed by atoms with E-state index >= 15 is 0 Å². The molecule has 2 fully saturated rings. The van der Waals surface area contributed by atoms with E-state index in [4.69, 9.17) is 4.52 Å². The lowest BCUT2D eigenvalue weighted by Gasteiger charge is -2.35. The fourth-order valence-corrected chi connectivity index (χ4v) is 6.29. The largest absolute Gasteiger partial charge is 0.364 e. The van der Waals surface area contributed by atoms with Crippen molar-refractivity contribution < 1.29 is 21.4 Å². The predicted molar refractivity (Wildman–Crippen MR) is 104 cm³/mol. The van der Waals surface area contributed by atoms with Crippen molar-refractivity contribution in [1.29, 1.82) is 0 Å². The van der Waals surface area contributed by atoms with E-state index in [0.717, 1.165) is 0 Å². The van der Waals surface area contributed by atoms with Crippen LogP contribution < -0.4 is 5.32 Å². The third-order valence-corrected chi connectivity index (χ3v) is 8.58. The highest BCUT2D eigenvalue weighted by Gasteiger charge is 2.30. The molecule has 11 nitrogen and oxygen atoms in total. The predicted octanol–water partition coefficient (Wildman–Crippen LogP) is -1.27. The van der Waals surface area contributed by atoms with Crippen LogP contribution in [0.2, 0.25) is 0 Å². The third-order valence-electron chi connectivity index (χ3n) is 4.81. The molecule has 0 amide bonds. The second-order valence-corrected chi connectivity index (χ2v) is 10.7. The van der Waals surface area contributed by atoms with Gasteiger partial charge in [0.15, 0.2) is 5.96 Å². The van der Waals surface area contributed by atoms with Gasteiger partial charge in [-0.05, 0) is 6.42 Å². The molecule has 3 heterocycles. The zero-order valence-corrected chi connectivity index (χ0v) is 17.5. The Labute approximate surface area is 165 Å². The normalized spacial score (nSPS) is 21.9. The van der Waals surface area contributed by atoms with Crippen molar-refractivity contribution in [3.05, 3.63) is 18.0 Å². The molecule has 2 aliphatic heterocycles. The van der Waals surface area contributed by atoms with Gasteiger partial charge in [0, 0.05) is 58.9 Å². The monoisotopic (exact) mass is 434 g/mol. The summed E-state index contributed by atoms with van der Waals surface area (Å²) in [5, 5.41) is 6.84. The van der Waals surface area contributed by atoms with Crippen LogP contribution in [0.15, 0.2) is 21.8 Å². The summed E-state index contributed by atoms with van der Waals surface area (Å²) in [7, 11) is -4.90. The van der Waals surface area contributed by atoms with Crippen LogP contribution in [0.1, 0.15) is 12.1 Å². The maximum atomic E-state index is 12.5. The molecule has 2 saturated heterocycles. The Morgan fingerprint density at radius 3 is 2.61 bits per heavy atom. The molecule has 2 aliphatic rings. The minimum atomic E-state index is -3.45. The molecule has 28 heavy (non-hydrogen) atoms. The van der Waals surface area contributed by atoms with Crippen LogP contribution in [0.5, 0.6) is 0 Å². The molecule has 0 radical (unpaired) electrons. The molecular formula is C15H26N6O5S2. The molecule has 1 aromatic rings. The number of aromatic nitrogens is 1. The van der Waals surface area contributed by atoms with E-state index in [-0.39, 0.29) is 11.5 Å². The van der Waals surface area contributed by atoms with E-state index in [9.17, 15) is 16.8 Å². The lowest BCUT2D eigenvalue weighted by atomic mass is 10.4. The first kappa shape index (κ1) is 21.0. The van der Waals surface area contributed by atoms with Gasteiger partial charge in [-0.1, -0.05) is 5.16 Å². The van der Waals surface area contributed by atoms with Gasteiger partial charge in [0.1, 0.15) is 12.0 Å². The summed E-state index contributed by atoms with van der Waals surface area (Å²) in [6.45, 7) is 3.11. The molecule has 13 heteroatoms. The second kappa shape index (κ2) is 8.76. The van der Waals surface area contributed by atoms with Crippen molar-refractivity contribution in [1.82, 2.24) is 24.0 Å². The lowest BCUT2D eigenvalue weighted by molar-refractivity contribution is 0.259. The molecule has 0 saturated carbocycles. The van der Waals surface area contributed by atoms with Crippen LogP contribution in [0, 0.1) is 0 Å². The van der Waals surface area contributed by atoms with Crippen LogP contribution in [-0.2, 0) is 25.8 Å². The number of nitrogens with zero attached hydrogens (tertiary/aromatic N) is 5. The molecule has 0 spiro atoms. The van der Waals surface area contributed by atoms with Crippen molar-refractivity contribution in [2.75, 3.05) is 58.6 Å². The molecule has 0 aromatic carbocycles. The van der Waals surface area contributed by atoms with Gasteiger partial charge in [-0.25, -0.2) is 21.1 Å². The minimum absolute atomic E-state index is 0.180. The molecular weight excluding hydrogens is 408 g/mol. The Morgan fingerprint density at radius 1 is 1.29 bits per heavy atom. The van der Waals surface area contributed by atoms with Crippen LogP contribution in [-0.4, -0.2) is 100 Å². The fourth-order valence-electron chi connectivity index (χ4n) is 3.34.